The maximum Gasteiger partial charge on any atom is 0.241 e. The molecule has 18 heavy (non-hydrogen) atoms. The number of carbonyl (C=O) groups excluding carboxylic acids is 1. The molecule has 98 valence electrons. The number of carbonyl (C=O) groups is 1. The molecule has 0 aromatic heterocycles. The Balaban J connectivity index is 2.21. The summed E-state index contributed by atoms with van der Waals surface area (Å²) in [5.74, 6) is 0.0944. The number of aliphatic hydroxyl groups excluding tert-OH is 1. The van der Waals surface area contributed by atoms with Gasteiger partial charge in [-0.1, -0.05) is 17.7 Å². The highest BCUT2D eigenvalue weighted by Gasteiger charge is 2.22. The van der Waals surface area contributed by atoms with Crippen LogP contribution >= 0.6 is 11.6 Å². The summed E-state index contributed by atoms with van der Waals surface area (Å²) in [6, 6.07) is 5.46. The van der Waals surface area contributed by atoms with E-state index in [0.717, 1.165) is 17.8 Å². The number of aliphatic hydroxyl groups is 1. The van der Waals surface area contributed by atoms with Crippen LogP contribution in [0, 0.1) is 0 Å². The van der Waals surface area contributed by atoms with Crippen molar-refractivity contribution in [1.29, 1.82) is 0 Å². The SMILES string of the molecule is CC(O)c1ccc(N2CCN(C)C(=O)C2)c(Cl)c1. The Morgan fingerprint density at radius 1 is 1.39 bits per heavy atom. The predicted molar refractivity (Wildman–Crippen MR) is 71.9 cm³/mol. The zero-order valence-corrected chi connectivity index (χ0v) is 11.3. The van der Waals surface area contributed by atoms with E-state index < -0.39 is 6.10 Å². The normalized spacial score (nSPS) is 18.1. The maximum absolute atomic E-state index is 11.7. The van der Waals surface area contributed by atoms with Gasteiger partial charge in [0.25, 0.3) is 0 Å². The molecular weight excluding hydrogens is 252 g/mol. The minimum Gasteiger partial charge on any atom is -0.389 e. The lowest BCUT2D eigenvalue weighted by Gasteiger charge is -2.34. The molecule has 0 saturated carbocycles. The molecule has 1 aliphatic rings. The summed E-state index contributed by atoms with van der Waals surface area (Å²) in [6.07, 6.45) is -0.536. The highest BCUT2D eigenvalue weighted by atomic mass is 35.5. The van der Waals surface area contributed by atoms with Crippen molar-refractivity contribution in [1.82, 2.24) is 4.90 Å². The zero-order valence-electron chi connectivity index (χ0n) is 10.6. The third-order valence-electron chi connectivity index (χ3n) is 3.25. The minimum atomic E-state index is -0.536. The summed E-state index contributed by atoms with van der Waals surface area (Å²) in [5, 5.41) is 10.1. The van der Waals surface area contributed by atoms with E-state index in [0.29, 0.717) is 18.1 Å². The van der Waals surface area contributed by atoms with Crippen molar-refractivity contribution < 1.29 is 9.90 Å². The van der Waals surface area contributed by atoms with Crippen molar-refractivity contribution in [2.45, 2.75) is 13.0 Å². The van der Waals surface area contributed by atoms with Crippen molar-refractivity contribution in [3.05, 3.63) is 28.8 Å². The van der Waals surface area contributed by atoms with Crippen LogP contribution in [0.1, 0.15) is 18.6 Å². The molecule has 5 heteroatoms. The first-order chi connectivity index (χ1) is 8.49. The summed E-state index contributed by atoms with van der Waals surface area (Å²) in [4.78, 5) is 15.4. The average Bonchev–Trinajstić information content (AvgIpc) is 2.32. The molecule has 0 aliphatic carbocycles. The largest absolute Gasteiger partial charge is 0.389 e. The van der Waals surface area contributed by atoms with E-state index in [2.05, 4.69) is 0 Å². The van der Waals surface area contributed by atoms with E-state index in [1.54, 1.807) is 24.9 Å². The highest BCUT2D eigenvalue weighted by Crippen LogP contribution is 2.29. The van der Waals surface area contributed by atoms with Gasteiger partial charge >= 0.3 is 0 Å². The monoisotopic (exact) mass is 268 g/mol. The second kappa shape index (κ2) is 5.16. The Labute approximate surface area is 112 Å². The van der Waals surface area contributed by atoms with Gasteiger partial charge in [0.15, 0.2) is 0 Å². The number of benzene rings is 1. The van der Waals surface area contributed by atoms with Gasteiger partial charge in [-0.05, 0) is 24.6 Å². The van der Waals surface area contributed by atoms with Gasteiger partial charge in [-0.25, -0.2) is 0 Å². The predicted octanol–water partition coefficient (Wildman–Crippen LogP) is 1.67. The second-order valence-corrected chi connectivity index (χ2v) is 5.03. The summed E-state index contributed by atoms with van der Waals surface area (Å²) < 4.78 is 0. The Kier molecular flexibility index (Phi) is 3.78. The third kappa shape index (κ3) is 2.60. The minimum absolute atomic E-state index is 0.0944. The van der Waals surface area contributed by atoms with Crippen molar-refractivity contribution in [3.8, 4) is 0 Å². The van der Waals surface area contributed by atoms with Gasteiger partial charge in [0.05, 0.1) is 23.4 Å². The van der Waals surface area contributed by atoms with Crippen LogP contribution < -0.4 is 4.90 Å². The van der Waals surface area contributed by atoms with Gasteiger partial charge in [0.1, 0.15) is 0 Å². The van der Waals surface area contributed by atoms with Crippen LogP contribution in [0.3, 0.4) is 0 Å². The first-order valence-electron chi connectivity index (χ1n) is 5.95. The number of nitrogens with zero attached hydrogens (tertiary/aromatic N) is 2. The molecule has 0 spiro atoms. The van der Waals surface area contributed by atoms with Crippen molar-refractivity contribution in [3.63, 3.8) is 0 Å². The molecule has 0 bridgehead atoms. The summed E-state index contributed by atoms with van der Waals surface area (Å²) >= 11 is 6.21. The second-order valence-electron chi connectivity index (χ2n) is 4.62. The first kappa shape index (κ1) is 13.2. The molecule has 1 aromatic rings. The molecule has 2 rings (SSSR count). The van der Waals surface area contributed by atoms with E-state index in [-0.39, 0.29) is 5.91 Å². The van der Waals surface area contributed by atoms with E-state index in [1.807, 2.05) is 17.0 Å². The third-order valence-corrected chi connectivity index (χ3v) is 3.55. The number of amides is 1. The molecule has 1 unspecified atom stereocenters. The molecule has 1 heterocycles. The fourth-order valence-corrected chi connectivity index (χ4v) is 2.31. The van der Waals surface area contributed by atoms with Gasteiger partial charge in [0, 0.05) is 20.1 Å². The number of likely N-dealkylation sites (N-methyl/N-ethyl adjacent to an activating group) is 1. The van der Waals surface area contributed by atoms with Gasteiger partial charge in [-0.2, -0.15) is 0 Å². The van der Waals surface area contributed by atoms with Gasteiger partial charge in [-0.15, -0.1) is 0 Å². The number of piperazine rings is 1. The topological polar surface area (TPSA) is 43.8 Å². The van der Waals surface area contributed by atoms with E-state index >= 15 is 0 Å². The molecule has 1 aromatic carbocycles. The average molecular weight is 269 g/mol. The molecule has 1 aliphatic heterocycles. The molecular formula is C13H17ClN2O2. The van der Waals surface area contributed by atoms with Crippen LogP contribution in [0.2, 0.25) is 5.02 Å². The van der Waals surface area contributed by atoms with Crippen molar-refractivity contribution in [2.75, 3.05) is 31.6 Å². The van der Waals surface area contributed by atoms with Gasteiger partial charge in [0.2, 0.25) is 5.91 Å². The molecule has 0 radical (unpaired) electrons. The lowest BCUT2D eigenvalue weighted by atomic mass is 10.1. The maximum atomic E-state index is 11.7. The Morgan fingerprint density at radius 2 is 2.11 bits per heavy atom. The highest BCUT2D eigenvalue weighted by molar-refractivity contribution is 6.33. The Bertz CT molecular complexity index is 462. The van der Waals surface area contributed by atoms with E-state index in [1.165, 1.54) is 0 Å². The molecule has 1 saturated heterocycles. The van der Waals surface area contributed by atoms with Crippen LogP contribution in [0.5, 0.6) is 0 Å². The number of hydrogen-bond donors (Lipinski definition) is 1. The van der Waals surface area contributed by atoms with Crippen LogP contribution in [0.15, 0.2) is 18.2 Å². The molecule has 1 atom stereocenters. The Hall–Kier alpha value is -1.26. The van der Waals surface area contributed by atoms with E-state index in [9.17, 15) is 9.90 Å². The van der Waals surface area contributed by atoms with Crippen molar-refractivity contribution >= 4 is 23.2 Å². The lowest BCUT2D eigenvalue weighted by molar-refractivity contribution is -0.129. The van der Waals surface area contributed by atoms with Crippen LogP contribution in [-0.2, 0) is 4.79 Å². The smallest absolute Gasteiger partial charge is 0.241 e. The summed E-state index contributed by atoms with van der Waals surface area (Å²) in [5.41, 5.74) is 1.63. The van der Waals surface area contributed by atoms with Crippen LogP contribution in [0.4, 0.5) is 5.69 Å². The fourth-order valence-electron chi connectivity index (χ4n) is 2.00. The first-order valence-corrected chi connectivity index (χ1v) is 6.33. The summed E-state index contributed by atoms with van der Waals surface area (Å²) in [6.45, 7) is 3.53. The fraction of sp³-hybridized carbons (Fsp3) is 0.462. The number of halogens is 1. The quantitative estimate of drug-likeness (QED) is 0.887. The van der Waals surface area contributed by atoms with Gasteiger partial charge < -0.3 is 14.9 Å². The molecule has 1 amide bonds. The molecule has 1 fully saturated rings. The summed E-state index contributed by atoms with van der Waals surface area (Å²) in [7, 11) is 1.80. The molecule has 1 N–H and O–H groups in total. The number of rotatable bonds is 2. The lowest BCUT2D eigenvalue weighted by Crippen LogP contribution is -2.48. The van der Waals surface area contributed by atoms with Gasteiger partial charge in [-0.3, -0.25) is 4.79 Å². The van der Waals surface area contributed by atoms with Crippen molar-refractivity contribution in [2.24, 2.45) is 0 Å². The Morgan fingerprint density at radius 3 is 2.67 bits per heavy atom. The van der Waals surface area contributed by atoms with Crippen LogP contribution in [0.25, 0.3) is 0 Å². The standard InChI is InChI=1S/C13H17ClN2O2/c1-9(17)10-3-4-12(11(14)7-10)16-6-5-15(2)13(18)8-16/h3-4,7,9,17H,5-6,8H2,1-2H3. The van der Waals surface area contributed by atoms with Crippen LogP contribution in [-0.4, -0.2) is 42.6 Å². The van der Waals surface area contributed by atoms with E-state index in [4.69, 9.17) is 11.6 Å². The number of hydrogen-bond acceptors (Lipinski definition) is 3. The number of anilines is 1. The molecule has 4 nitrogen and oxygen atoms in total. The zero-order chi connectivity index (χ0) is 13.3.